The Labute approximate surface area is 92.9 Å². The number of nitriles is 1. The average Bonchev–Trinajstić information content (AvgIpc) is 2.33. The molecule has 1 aliphatic heterocycles. The van der Waals surface area contributed by atoms with Crippen LogP contribution in [0.1, 0.15) is 5.56 Å². The van der Waals surface area contributed by atoms with Crippen LogP contribution in [-0.4, -0.2) is 11.3 Å². The van der Waals surface area contributed by atoms with Crippen LogP contribution in [0.25, 0.3) is 5.57 Å². The van der Waals surface area contributed by atoms with Gasteiger partial charge in [0.05, 0.1) is 5.57 Å². The van der Waals surface area contributed by atoms with Crippen molar-refractivity contribution in [1.29, 1.82) is 5.26 Å². The molecule has 0 saturated heterocycles. The van der Waals surface area contributed by atoms with E-state index in [1.165, 1.54) is 0 Å². The summed E-state index contributed by atoms with van der Waals surface area (Å²) in [7, 11) is 0. The molecule has 1 aliphatic rings. The lowest BCUT2D eigenvalue weighted by atomic mass is 9.97. The van der Waals surface area contributed by atoms with E-state index in [0.29, 0.717) is 5.57 Å². The van der Waals surface area contributed by atoms with Gasteiger partial charge in [0.25, 0.3) is 0 Å². The Bertz CT molecular complexity index is 498. The van der Waals surface area contributed by atoms with Crippen LogP contribution in [0.3, 0.4) is 0 Å². The maximum absolute atomic E-state index is 9.71. The summed E-state index contributed by atoms with van der Waals surface area (Å²) in [6, 6.07) is 11.1. The van der Waals surface area contributed by atoms with Crippen molar-refractivity contribution in [3.8, 4) is 6.07 Å². The zero-order valence-electron chi connectivity index (χ0n) is 8.42. The van der Waals surface area contributed by atoms with Crippen LogP contribution in [0.4, 0.5) is 0 Å². The molecule has 4 heteroatoms. The van der Waals surface area contributed by atoms with Crippen LogP contribution in [-0.2, 0) is 4.74 Å². The minimum Gasteiger partial charge on any atom is -0.504 e. The van der Waals surface area contributed by atoms with E-state index in [1.807, 2.05) is 24.3 Å². The molecule has 0 aliphatic carbocycles. The SMILES string of the molecule is N#CC1=C(c2ccccc2)C(O)=COC1N. The van der Waals surface area contributed by atoms with Crippen molar-refractivity contribution in [3.05, 3.63) is 53.5 Å². The van der Waals surface area contributed by atoms with Gasteiger partial charge in [-0.15, -0.1) is 0 Å². The van der Waals surface area contributed by atoms with E-state index in [1.54, 1.807) is 12.1 Å². The van der Waals surface area contributed by atoms with Crippen molar-refractivity contribution in [2.24, 2.45) is 5.73 Å². The summed E-state index contributed by atoms with van der Waals surface area (Å²) < 4.78 is 4.93. The van der Waals surface area contributed by atoms with Gasteiger partial charge in [-0.3, -0.25) is 5.73 Å². The maximum atomic E-state index is 9.71. The summed E-state index contributed by atoms with van der Waals surface area (Å²) >= 11 is 0. The van der Waals surface area contributed by atoms with Crippen molar-refractivity contribution in [2.45, 2.75) is 6.23 Å². The van der Waals surface area contributed by atoms with E-state index in [9.17, 15) is 5.11 Å². The molecule has 0 aromatic heterocycles. The van der Waals surface area contributed by atoms with E-state index >= 15 is 0 Å². The number of aliphatic hydroxyl groups is 1. The predicted molar refractivity (Wildman–Crippen MR) is 58.7 cm³/mol. The summed E-state index contributed by atoms with van der Waals surface area (Å²) in [6.07, 6.45) is 0.338. The molecule has 4 nitrogen and oxygen atoms in total. The molecule has 1 atom stereocenters. The number of rotatable bonds is 1. The number of hydrogen-bond acceptors (Lipinski definition) is 4. The Morgan fingerprint density at radius 2 is 2.00 bits per heavy atom. The van der Waals surface area contributed by atoms with Crippen molar-refractivity contribution >= 4 is 5.57 Å². The van der Waals surface area contributed by atoms with Gasteiger partial charge in [-0.05, 0) is 5.56 Å². The summed E-state index contributed by atoms with van der Waals surface area (Å²) in [5.74, 6) is -0.0792. The Kier molecular flexibility index (Phi) is 2.63. The zero-order chi connectivity index (χ0) is 11.5. The summed E-state index contributed by atoms with van der Waals surface area (Å²) in [4.78, 5) is 0. The molecule has 0 saturated carbocycles. The Hall–Kier alpha value is -2.25. The molecule has 0 spiro atoms. The zero-order valence-corrected chi connectivity index (χ0v) is 8.42. The van der Waals surface area contributed by atoms with E-state index < -0.39 is 6.23 Å². The quantitative estimate of drug-likeness (QED) is 0.745. The Morgan fingerprint density at radius 1 is 1.31 bits per heavy atom. The van der Waals surface area contributed by atoms with Gasteiger partial charge in [0.15, 0.2) is 12.0 Å². The number of nitrogens with two attached hydrogens (primary N) is 1. The third-order valence-corrected chi connectivity index (χ3v) is 2.32. The van der Waals surface area contributed by atoms with Gasteiger partial charge in [-0.1, -0.05) is 30.3 Å². The highest BCUT2D eigenvalue weighted by atomic mass is 16.5. The van der Waals surface area contributed by atoms with Gasteiger partial charge in [0, 0.05) is 5.57 Å². The lowest BCUT2D eigenvalue weighted by Gasteiger charge is -2.20. The molecule has 1 aromatic carbocycles. The largest absolute Gasteiger partial charge is 0.504 e. The molecule has 0 bridgehead atoms. The highest BCUT2D eigenvalue weighted by Gasteiger charge is 2.24. The lowest BCUT2D eigenvalue weighted by Crippen LogP contribution is -2.27. The van der Waals surface area contributed by atoms with Gasteiger partial charge in [0.2, 0.25) is 0 Å². The molecule has 0 amide bonds. The number of nitrogens with zero attached hydrogens (tertiary/aromatic N) is 1. The molecular formula is C12H10N2O2. The van der Waals surface area contributed by atoms with Gasteiger partial charge < -0.3 is 9.84 Å². The fourth-order valence-corrected chi connectivity index (χ4v) is 1.57. The normalized spacial score (nSPS) is 19.8. The van der Waals surface area contributed by atoms with Crippen LogP contribution in [0.15, 0.2) is 47.9 Å². The first kappa shape index (κ1) is 10.3. The van der Waals surface area contributed by atoms with Crippen molar-refractivity contribution in [2.75, 3.05) is 0 Å². The summed E-state index contributed by atoms with van der Waals surface area (Å²) in [6.45, 7) is 0. The molecule has 1 unspecified atom stereocenters. The number of benzene rings is 1. The number of hydrogen-bond donors (Lipinski definition) is 2. The molecule has 1 heterocycles. The van der Waals surface area contributed by atoms with Crippen LogP contribution < -0.4 is 5.73 Å². The Morgan fingerprint density at radius 3 is 2.62 bits per heavy atom. The molecule has 0 radical (unpaired) electrons. The molecular weight excluding hydrogens is 204 g/mol. The van der Waals surface area contributed by atoms with E-state index in [4.69, 9.17) is 15.7 Å². The fourth-order valence-electron chi connectivity index (χ4n) is 1.57. The van der Waals surface area contributed by atoms with Gasteiger partial charge in [0.1, 0.15) is 12.3 Å². The van der Waals surface area contributed by atoms with Gasteiger partial charge in [-0.25, -0.2) is 0 Å². The highest BCUT2D eigenvalue weighted by Crippen LogP contribution is 2.29. The van der Waals surface area contributed by atoms with Crippen LogP contribution in [0.2, 0.25) is 0 Å². The second-order valence-corrected chi connectivity index (χ2v) is 3.33. The smallest absolute Gasteiger partial charge is 0.183 e. The van der Waals surface area contributed by atoms with Crippen molar-refractivity contribution in [1.82, 2.24) is 0 Å². The van der Waals surface area contributed by atoms with E-state index in [0.717, 1.165) is 11.8 Å². The maximum Gasteiger partial charge on any atom is 0.183 e. The summed E-state index contributed by atoms with van der Waals surface area (Å²) in [5, 5.41) is 18.7. The molecule has 80 valence electrons. The first-order valence-electron chi connectivity index (χ1n) is 4.74. The fraction of sp³-hybridized carbons (Fsp3) is 0.0833. The number of allylic oxidation sites excluding steroid dienone is 1. The van der Waals surface area contributed by atoms with E-state index in [2.05, 4.69) is 0 Å². The molecule has 1 aromatic rings. The summed E-state index contributed by atoms with van der Waals surface area (Å²) in [5.41, 5.74) is 7.02. The number of ether oxygens (including phenoxy) is 1. The topological polar surface area (TPSA) is 79.3 Å². The standard InChI is InChI=1S/C12H10N2O2/c13-6-9-11(8-4-2-1-3-5-8)10(15)7-16-12(9)14/h1-5,7,12,15H,14H2. The molecule has 0 fully saturated rings. The Balaban J connectivity index is 2.60. The van der Waals surface area contributed by atoms with Crippen molar-refractivity contribution < 1.29 is 9.84 Å². The third kappa shape index (κ3) is 1.64. The first-order valence-corrected chi connectivity index (χ1v) is 4.74. The minimum absolute atomic E-state index is 0.0792. The average molecular weight is 214 g/mol. The van der Waals surface area contributed by atoms with Crippen LogP contribution in [0, 0.1) is 11.3 Å². The third-order valence-electron chi connectivity index (χ3n) is 2.32. The monoisotopic (exact) mass is 214 g/mol. The molecule has 2 rings (SSSR count). The number of aliphatic hydroxyl groups excluding tert-OH is 1. The predicted octanol–water partition coefficient (Wildman–Crippen LogP) is 1.68. The minimum atomic E-state index is -0.823. The highest BCUT2D eigenvalue weighted by molar-refractivity contribution is 5.82. The van der Waals surface area contributed by atoms with Gasteiger partial charge >= 0.3 is 0 Å². The molecule has 16 heavy (non-hydrogen) atoms. The first-order chi connectivity index (χ1) is 7.74. The second-order valence-electron chi connectivity index (χ2n) is 3.33. The molecule has 3 N–H and O–H groups in total. The van der Waals surface area contributed by atoms with Gasteiger partial charge in [-0.2, -0.15) is 5.26 Å². The van der Waals surface area contributed by atoms with Crippen LogP contribution >= 0.6 is 0 Å². The van der Waals surface area contributed by atoms with Crippen LogP contribution in [0.5, 0.6) is 0 Å². The lowest BCUT2D eigenvalue weighted by molar-refractivity contribution is 0.169. The van der Waals surface area contributed by atoms with E-state index in [-0.39, 0.29) is 11.3 Å². The van der Waals surface area contributed by atoms with Crippen molar-refractivity contribution in [3.63, 3.8) is 0 Å². The second kappa shape index (κ2) is 4.09.